The van der Waals surface area contributed by atoms with Gasteiger partial charge in [0.1, 0.15) is 11.5 Å². The number of furan rings is 1. The van der Waals surface area contributed by atoms with Crippen LogP contribution in [0.4, 0.5) is 0 Å². The Bertz CT molecular complexity index is 729. The predicted molar refractivity (Wildman–Crippen MR) is 95.8 cm³/mol. The molecule has 3 heterocycles. The molecule has 0 saturated heterocycles. The fourth-order valence-corrected chi connectivity index (χ4v) is 3.72. The number of rotatable bonds is 6. The van der Waals surface area contributed by atoms with Gasteiger partial charge in [0.05, 0.1) is 6.54 Å². The summed E-state index contributed by atoms with van der Waals surface area (Å²) in [6, 6.07) is 8.34. The van der Waals surface area contributed by atoms with Gasteiger partial charge in [-0.25, -0.2) is 0 Å². The van der Waals surface area contributed by atoms with E-state index in [1.807, 2.05) is 13.0 Å². The van der Waals surface area contributed by atoms with Crippen LogP contribution in [0.25, 0.3) is 0 Å². The van der Waals surface area contributed by atoms with Gasteiger partial charge in [-0.15, -0.1) is 0 Å². The quantitative estimate of drug-likeness (QED) is 0.879. The van der Waals surface area contributed by atoms with Crippen molar-refractivity contribution >= 4 is 5.91 Å². The van der Waals surface area contributed by atoms with Crippen LogP contribution < -0.4 is 5.32 Å². The summed E-state index contributed by atoms with van der Waals surface area (Å²) in [7, 11) is 0. The first-order valence-corrected chi connectivity index (χ1v) is 9.34. The lowest BCUT2D eigenvalue weighted by molar-refractivity contribution is -0.122. The Morgan fingerprint density at radius 2 is 2.12 bits per heavy atom. The van der Waals surface area contributed by atoms with Crippen LogP contribution >= 0.6 is 0 Å². The van der Waals surface area contributed by atoms with E-state index >= 15 is 0 Å². The summed E-state index contributed by atoms with van der Waals surface area (Å²) in [6.45, 7) is 6.34. The first-order chi connectivity index (χ1) is 12.2. The molecule has 1 fully saturated rings. The van der Waals surface area contributed by atoms with Crippen LogP contribution in [-0.4, -0.2) is 28.5 Å². The summed E-state index contributed by atoms with van der Waals surface area (Å²) < 4.78 is 8.05. The molecule has 2 aromatic heterocycles. The molecular weight excluding hydrogens is 314 g/mol. The largest absolute Gasteiger partial charge is 0.465 e. The van der Waals surface area contributed by atoms with E-state index in [1.54, 1.807) is 0 Å². The highest BCUT2D eigenvalue weighted by Gasteiger charge is 2.26. The van der Waals surface area contributed by atoms with Crippen LogP contribution in [0.3, 0.4) is 0 Å². The van der Waals surface area contributed by atoms with E-state index in [2.05, 4.69) is 39.2 Å². The van der Waals surface area contributed by atoms with Gasteiger partial charge in [0.25, 0.3) is 0 Å². The second-order valence-electron chi connectivity index (χ2n) is 7.65. The van der Waals surface area contributed by atoms with Gasteiger partial charge in [-0.3, -0.25) is 9.69 Å². The van der Waals surface area contributed by atoms with Crippen LogP contribution in [0.1, 0.15) is 36.5 Å². The van der Waals surface area contributed by atoms with Crippen molar-refractivity contribution < 1.29 is 9.21 Å². The highest BCUT2D eigenvalue weighted by atomic mass is 16.3. The van der Waals surface area contributed by atoms with Crippen LogP contribution in [0.15, 0.2) is 34.9 Å². The SMILES string of the molecule is Cc1ccc(CN2Cc3cccn3C[C@H](CC(=O)NCC3CC3)C2)o1. The number of amides is 1. The minimum absolute atomic E-state index is 0.196. The number of carbonyl (C=O) groups excluding carboxylic acids is 1. The summed E-state index contributed by atoms with van der Waals surface area (Å²) in [5.41, 5.74) is 1.31. The molecule has 2 aromatic rings. The molecule has 0 spiro atoms. The smallest absolute Gasteiger partial charge is 0.220 e. The molecule has 25 heavy (non-hydrogen) atoms. The third kappa shape index (κ3) is 4.34. The molecular formula is C20H27N3O2. The average molecular weight is 341 g/mol. The van der Waals surface area contributed by atoms with E-state index in [0.29, 0.717) is 12.3 Å². The number of nitrogens with zero attached hydrogens (tertiary/aromatic N) is 2. The van der Waals surface area contributed by atoms with Crippen molar-refractivity contribution in [1.29, 1.82) is 0 Å². The second-order valence-corrected chi connectivity index (χ2v) is 7.65. The van der Waals surface area contributed by atoms with E-state index in [4.69, 9.17) is 4.42 Å². The third-order valence-electron chi connectivity index (χ3n) is 5.21. The molecule has 1 N–H and O–H groups in total. The Balaban J connectivity index is 1.41. The first-order valence-electron chi connectivity index (χ1n) is 9.34. The Morgan fingerprint density at radius 1 is 1.24 bits per heavy atom. The van der Waals surface area contributed by atoms with Gasteiger partial charge in [0.15, 0.2) is 0 Å². The number of nitrogens with one attached hydrogen (secondary N) is 1. The van der Waals surface area contributed by atoms with Gasteiger partial charge in [-0.1, -0.05) is 0 Å². The number of aromatic nitrogens is 1. The van der Waals surface area contributed by atoms with Crippen LogP contribution in [0, 0.1) is 18.8 Å². The summed E-state index contributed by atoms with van der Waals surface area (Å²) >= 11 is 0. The zero-order valence-electron chi connectivity index (χ0n) is 14.9. The average Bonchev–Trinajstić information content (AvgIpc) is 3.22. The van der Waals surface area contributed by atoms with E-state index < -0.39 is 0 Å². The minimum Gasteiger partial charge on any atom is -0.465 e. The maximum absolute atomic E-state index is 12.3. The maximum atomic E-state index is 12.3. The summed E-state index contributed by atoms with van der Waals surface area (Å²) in [5.74, 6) is 3.19. The van der Waals surface area contributed by atoms with Gasteiger partial charge in [-0.05, 0) is 55.9 Å². The van der Waals surface area contributed by atoms with E-state index in [0.717, 1.165) is 50.2 Å². The van der Waals surface area contributed by atoms with Gasteiger partial charge in [0, 0.05) is 44.5 Å². The predicted octanol–water partition coefficient (Wildman–Crippen LogP) is 2.94. The first kappa shape index (κ1) is 16.5. The molecule has 5 heteroatoms. The normalized spacial score (nSPS) is 20.9. The summed E-state index contributed by atoms with van der Waals surface area (Å²) in [4.78, 5) is 14.7. The number of hydrogen-bond donors (Lipinski definition) is 1. The van der Waals surface area contributed by atoms with Crippen molar-refractivity contribution in [2.75, 3.05) is 13.1 Å². The molecule has 2 aliphatic rings. The van der Waals surface area contributed by atoms with Crippen LogP contribution in [-0.2, 0) is 24.4 Å². The van der Waals surface area contributed by atoms with Gasteiger partial charge in [-0.2, -0.15) is 0 Å². The van der Waals surface area contributed by atoms with Crippen LogP contribution in [0.2, 0.25) is 0 Å². The third-order valence-corrected chi connectivity index (χ3v) is 5.21. The molecule has 4 rings (SSSR count). The van der Waals surface area contributed by atoms with Gasteiger partial charge in [0.2, 0.25) is 5.91 Å². The molecule has 0 aromatic carbocycles. The molecule has 1 atom stereocenters. The fraction of sp³-hybridized carbons (Fsp3) is 0.550. The topological polar surface area (TPSA) is 50.4 Å². The van der Waals surface area contributed by atoms with E-state index in [1.165, 1.54) is 18.5 Å². The highest BCUT2D eigenvalue weighted by molar-refractivity contribution is 5.76. The van der Waals surface area contributed by atoms with Crippen molar-refractivity contribution in [2.45, 2.75) is 45.8 Å². The van der Waals surface area contributed by atoms with Crippen molar-refractivity contribution in [2.24, 2.45) is 11.8 Å². The molecule has 1 aliphatic heterocycles. The molecule has 1 saturated carbocycles. The van der Waals surface area contributed by atoms with Crippen molar-refractivity contribution in [3.63, 3.8) is 0 Å². The zero-order chi connectivity index (χ0) is 17.2. The molecule has 0 radical (unpaired) electrons. The highest BCUT2D eigenvalue weighted by Crippen LogP contribution is 2.27. The van der Waals surface area contributed by atoms with Crippen molar-refractivity contribution in [1.82, 2.24) is 14.8 Å². The Hall–Kier alpha value is -2.01. The lowest BCUT2D eigenvalue weighted by atomic mass is 10.0. The Kier molecular flexibility index (Phi) is 4.66. The number of fused-ring (bicyclic) bond motifs is 1. The molecule has 0 unspecified atom stereocenters. The van der Waals surface area contributed by atoms with Crippen molar-refractivity contribution in [3.05, 3.63) is 47.7 Å². The number of carbonyl (C=O) groups is 1. The molecule has 134 valence electrons. The standard InChI is InChI=1S/C20H27N3O2/c1-15-4-7-19(25-15)14-22-11-17(9-20(24)21-10-16-5-6-16)12-23-8-2-3-18(23)13-22/h2-4,7-8,16-17H,5-6,9-14H2,1H3,(H,21,24)/t17-/m1/s1. The summed E-state index contributed by atoms with van der Waals surface area (Å²) in [6.07, 6.45) is 5.27. The lowest BCUT2D eigenvalue weighted by Crippen LogP contribution is -2.33. The second kappa shape index (κ2) is 7.08. The Morgan fingerprint density at radius 3 is 2.88 bits per heavy atom. The molecule has 1 aliphatic carbocycles. The maximum Gasteiger partial charge on any atom is 0.220 e. The molecule has 0 bridgehead atoms. The summed E-state index contributed by atoms with van der Waals surface area (Å²) in [5, 5.41) is 3.11. The number of aryl methyl sites for hydroxylation is 1. The van der Waals surface area contributed by atoms with Crippen LogP contribution in [0.5, 0.6) is 0 Å². The number of hydrogen-bond acceptors (Lipinski definition) is 3. The van der Waals surface area contributed by atoms with Gasteiger partial charge >= 0.3 is 0 Å². The van der Waals surface area contributed by atoms with Gasteiger partial charge < -0.3 is 14.3 Å². The Labute approximate surface area is 149 Å². The zero-order valence-corrected chi connectivity index (χ0v) is 14.9. The minimum atomic E-state index is 0.196. The van der Waals surface area contributed by atoms with E-state index in [9.17, 15) is 4.79 Å². The molecule has 1 amide bonds. The monoisotopic (exact) mass is 341 g/mol. The molecule has 5 nitrogen and oxygen atoms in total. The fourth-order valence-electron chi connectivity index (χ4n) is 3.72. The van der Waals surface area contributed by atoms with E-state index in [-0.39, 0.29) is 5.91 Å². The lowest BCUT2D eigenvalue weighted by Gasteiger charge is -2.23. The van der Waals surface area contributed by atoms with Crippen molar-refractivity contribution in [3.8, 4) is 0 Å².